The zero-order chi connectivity index (χ0) is 9.47. The minimum atomic E-state index is -3.32. The van der Waals surface area contributed by atoms with E-state index in [1.165, 1.54) is 0 Å². The molecule has 1 aliphatic rings. The standard InChI is InChI=1S/C7H6BrNO3S/c8-5-2-1-3-6-7(5)9-13(10,11)4-12-6/h1-3,9H,4H2. The van der Waals surface area contributed by atoms with Gasteiger partial charge in [-0.2, -0.15) is 0 Å². The second-order valence-corrected chi connectivity index (χ2v) is 5.12. The molecule has 4 nitrogen and oxygen atoms in total. The lowest BCUT2D eigenvalue weighted by atomic mass is 10.3. The number of para-hydroxylation sites is 1. The third kappa shape index (κ3) is 1.64. The molecule has 0 saturated carbocycles. The maximum Gasteiger partial charge on any atom is 0.268 e. The van der Waals surface area contributed by atoms with Crippen LogP contribution in [0.5, 0.6) is 5.75 Å². The Balaban J connectivity index is 2.56. The van der Waals surface area contributed by atoms with Gasteiger partial charge in [0.05, 0.1) is 0 Å². The van der Waals surface area contributed by atoms with Gasteiger partial charge in [0.1, 0.15) is 11.4 Å². The first-order chi connectivity index (χ1) is 6.08. The number of fused-ring (bicyclic) bond motifs is 1. The predicted octanol–water partition coefficient (Wildman–Crippen LogP) is 1.54. The van der Waals surface area contributed by atoms with Crippen molar-refractivity contribution >= 4 is 31.6 Å². The lowest BCUT2D eigenvalue weighted by molar-refractivity contribution is 0.374. The summed E-state index contributed by atoms with van der Waals surface area (Å²) in [5.41, 5.74) is 0.466. The topological polar surface area (TPSA) is 55.4 Å². The number of sulfonamides is 1. The molecular weight excluding hydrogens is 258 g/mol. The quantitative estimate of drug-likeness (QED) is 0.773. The van der Waals surface area contributed by atoms with Crippen molar-refractivity contribution in [2.45, 2.75) is 0 Å². The number of hydrogen-bond acceptors (Lipinski definition) is 3. The summed E-state index contributed by atoms with van der Waals surface area (Å²) in [5, 5.41) is 0. The fraction of sp³-hybridized carbons (Fsp3) is 0.143. The normalized spacial score (nSPS) is 18.2. The molecule has 1 aliphatic heterocycles. The number of nitrogens with one attached hydrogen (secondary N) is 1. The van der Waals surface area contributed by atoms with Gasteiger partial charge < -0.3 is 4.74 Å². The van der Waals surface area contributed by atoms with Crippen LogP contribution in [0, 0.1) is 0 Å². The van der Waals surface area contributed by atoms with Crippen molar-refractivity contribution in [3.8, 4) is 5.75 Å². The number of rotatable bonds is 0. The average molecular weight is 264 g/mol. The molecular formula is C7H6BrNO3S. The van der Waals surface area contributed by atoms with Crippen LogP contribution in [0.25, 0.3) is 0 Å². The molecule has 1 heterocycles. The molecule has 1 aromatic rings. The van der Waals surface area contributed by atoms with Gasteiger partial charge in [0.25, 0.3) is 10.0 Å². The minimum Gasteiger partial charge on any atom is -0.474 e. The second kappa shape index (κ2) is 2.88. The number of anilines is 1. The maximum atomic E-state index is 11.1. The molecule has 0 saturated heterocycles. The zero-order valence-electron chi connectivity index (χ0n) is 6.45. The number of benzene rings is 1. The van der Waals surface area contributed by atoms with Gasteiger partial charge in [-0.1, -0.05) is 6.07 Å². The average Bonchev–Trinajstić information content (AvgIpc) is 2.06. The number of halogens is 1. The molecule has 1 N–H and O–H groups in total. The Morgan fingerprint density at radius 1 is 1.46 bits per heavy atom. The van der Waals surface area contributed by atoms with Crippen molar-refractivity contribution in [1.29, 1.82) is 0 Å². The molecule has 1 aromatic carbocycles. The van der Waals surface area contributed by atoms with Gasteiger partial charge in [-0.15, -0.1) is 0 Å². The monoisotopic (exact) mass is 263 g/mol. The van der Waals surface area contributed by atoms with Crippen LogP contribution in [-0.4, -0.2) is 14.4 Å². The zero-order valence-corrected chi connectivity index (χ0v) is 8.85. The molecule has 0 atom stereocenters. The first-order valence-corrected chi connectivity index (χ1v) is 5.95. The van der Waals surface area contributed by atoms with Crippen LogP contribution < -0.4 is 9.46 Å². The van der Waals surface area contributed by atoms with Crippen molar-refractivity contribution in [2.75, 3.05) is 10.7 Å². The van der Waals surface area contributed by atoms with Crippen molar-refractivity contribution in [2.24, 2.45) is 0 Å². The van der Waals surface area contributed by atoms with E-state index in [2.05, 4.69) is 20.7 Å². The van der Waals surface area contributed by atoms with Crippen molar-refractivity contribution < 1.29 is 13.2 Å². The van der Waals surface area contributed by atoms with Gasteiger partial charge in [0, 0.05) is 4.47 Å². The lowest BCUT2D eigenvalue weighted by Crippen LogP contribution is -2.25. The summed E-state index contributed by atoms with van der Waals surface area (Å²) in [4.78, 5) is 0. The Bertz CT molecular complexity index is 443. The van der Waals surface area contributed by atoms with Gasteiger partial charge >= 0.3 is 0 Å². The highest BCUT2D eigenvalue weighted by molar-refractivity contribution is 9.10. The molecule has 70 valence electrons. The van der Waals surface area contributed by atoms with E-state index in [0.29, 0.717) is 15.9 Å². The summed E-state index contributed by atoms with van der Waals surface area (Å²) in [6.45, 7) is 0. The van der Waals surface area contributed by atoms with Crippen LogP contribution in [0.2, 0.25) is 0 Å². The van der Waals surface area contributed by atoms with E-state index in [0.717, 1.165) is 0 Å². The van der Waals surface area contributed by atoms with Crippen LogP contribution in [-0.2, 0) is 10.0 Å². The van der Waals surface area contributed by atoms with E-state index in [4.69, 9.17) is 4.74 Å². The van der Waals surface area contributed by atoms with Crippen molar-refractivity contribution in [3.05, 3.63) is 22.7 Å². The van der Waals surface area contributed by atoms with Gasteiger partial charge in [-0.05, 0) is 28.1 Å². The van der Waals surface area contributed by atoms with E-state index < -0.39 is 10.0 Å². The van der Waals surface area contributed by atoms with E-state index in [9.17, 15) is 8.42 Å². The second-order valence-electron chi connectivity index (χ2n) is 2.59. The third-order valence-electron chi connectivity index (χ3n) is 1.60. The number of hydrogen-bond donors (Lipinski definition) is 1. The summed E-state index contributed by atoms with van der Waals surface area (Å²) in [7, 11) is -3.32. The van der Waals surface area contributed by atoms with Crippen LogP contribution in [0.15, 0.2) is 22.7 Å². The van der Waals surface area contributed by atoms with Gasteiger partial charge in [-0.25, -0.2) is 8.42 Å². The molecule has 0 fully saturated rings. The lowest BCUT2D eigenvalue weighted by Gasteiger charge is -2.19. The van der Waals surface area contributed by atoms with Gasteiger partial charge in [0.15, 0.2) is 0 Å². The first kappa shape index (κ1) is 8.83. The SMILES string of the molecule is O=S1(=O)COc2cccc(Br)c2N1. The molecule has 0 amide bonds. The molecule has 0 spiro atoms. The van der Waals surface area contributed by atoms with Crippen LogP contribution in [0.4, 0.5) is 5.69 Å². The Hall–Kier alpha value is -0.750. The molecule has 0 bridgehead atoms. The molecule has 0 unspecified atom stereocenters. The van der Waals surface area contributed by atoms with Crippen LogP contribution >= 0.6 is 15.9 Å². The summed E-state index contributed by atoms with van der Waals surface area (Å²) < 4.78 is 30.3. The molecule has 2 rings (SSSR count). The highest BCUT2D eigenvalue weighted by Crippen LogP contribution is 2.35. The third-order valence-corrected chi connectivity index (χ3v) is 3.21. The summed E-state index contributed by atoms with van der Waals surface area (Å²) in [6, 6.07) is 5.24. The van der Waals surface area contributed by atoms with E-state index >= 15 is 0 Å². The number of ether oxygens (including phenoxy) is 1. The van der Waals surface area contributed by atoms with Gasteiger partial charge in [-0.3, -0.25) is 4.72 Å². The Labute approximate surface area is 84.1 Å². The predicted molar refractivity (Wildman–Crippen MR) is 52.2 cm³/mol. The maximum absolute atomic E-state index is 11.1. The summed E-state index contributed by atoms with van der Waals surface area (Å²) in [6.07, 6.45) is 0. The molecule has 6 heteroatoms. The summed E-state index contributed by atoms with van der Waals surface area (Å²) >= 11 is 3.23. The Kier molecular flexibility index (Phi) is 1.96. The van der Waals surface area contributed by atoms with Crippen LogP contribution in [0.1, 0.15) is 0 Å². The van der Waals surface area contributed by atoms with Crippen molar-refractivity contribution in [3.63, 3.8) is 0 Å². The molecule has 0 aliphatic carbocycles. The molecule has 0 radical (unpaired) electrons. The molecule has 0 aromatic heterocycles. The van der Waals surface area contributed by atoms with Crippen molar-refractivity contribution in [1.82, 2.24) is 0 Å². The van der Waals surface area contributed by atoms with Gasteiger partial charge in [0.2, 0.25) is 5.94 Å². The molecule has 13 heavy (non-hydrogen) atoms. The largest absolute Gasteiger partial charge is 0.474 e. The Morgan fingerprint density at radius 3 is 3.00 bits per heavy atom. The van der Waals surface area contributed by atoms with Crippen LogP contribution in [0.3, 0.4) is 0 Å². The minimum absolute atomic E-state index is 0.323. The smallest absolute Gasteiger partial charge is 0.268 e. The highest BCUT2D eigenvalue weighted by atomic mass is 79.9. The fourth-order valence-electron chi connectivity index (χ4n) is 1.05. The van der Waals surface area contributed by atoms with E-state index in [1.54, 1.807) is 18.2 Å². The summed E-state index contributed by atoms with van der Waals surface area (Å²) in [5.74, 6) is 0.223. The highest BCUT2D eigenvalue weighted by Gasteiger charge is 2.22. The first-order valence-electron chi connectivity index (χ1n) is 3.50. The van der Waals surface area contributed by atoms with E-state index in [1.807, 2.05) is 0 Å². The van der Waals surface area contributed by atoms with E-state index in [-0.39, 0.29) is 5.94 Å². The Morgan fingerprint density at radius 2 is 2.23 bits per heavy atom. The fourth-order valence-corrected chi connectivity index (χ4v) is 2.49.